The molecule has 0 aromatic carbocycles. The van der Waals surface area contributed by atoms with Crippen LogP contribution in [-0.2, 0) is 9.47 Å². The number of aliphatic imine (C=N–C) groups is 1. The second kappa shape index (κ2) is 25.9. The summed E-state index contributed by atoms with van der Waals surface area (Å²) < 4.78 is 11.8. The molecule has 0 radical (unpaired) electrons. The van der Waals surface area contributed by atoms with Crippen LogP contribution in [0, 0.1) is 17.3 Å². The summed E-state index contributed by atoms with van der Waals surface area (Å²) in [5, 5.41) is 26.4. The highest BCUT2D eigenvalue weighted by Crippen LogP contribution is 2.41. The first kappa shape index (κ1) is 44.9. The van der Waals surface area contributed by atoms with E-state index in [1.165, 1.54) is 48.8 Å². The van der Waals surface area contributed by atoms with Crippen molar-refractivity contribution in [1.29, 1.82) is 0 Å². The Kier molecular flexibility index (Phi) is 25.8. The minimum absolute atomic E-state index is 0.124. The largest absolute Gasteiger partial charge is 0.448 e. The van der Waals surface area contributed by atoms with Crippen LogP contribution in [0.25, 0.3) is 0 Å². The molecule has 2 unspecified atom stereocenters. The van der Waals surface area contributed by atoms with Gasteiger partial charge < -0.3 is 24.8 Å². The highest BCUT2D eigenvalue weighted by Gasteiger charge is 2.32. The molecule has 0 aromatic rings. The first-order chi connectivity index (χ1) is 21.4. The minimum Gasteiger partial charge on any atom is -0.448 e. The zero-order chi connectivity index (χ0) is 35.0. The maximum Gasteiger partial charge on any atom is 0.213 e. The van der Waals surface area contributed by atoms with Gasteiger partial charge >= 0.3 is 0 Å². The molecule has 3 N–H and O–H groups in total. The van der Waals surface area contributed by atoms with Crippen molar-refractivity contribution in [3.63, 3.8) is 0 Å². The standard InChI is InChI=1S/C24H37NO4.C8H12.C4H10.C2H6.CH4O/c1-16(23(25-4)29-22-13-20(27)12-21(15-26)28-22)17(2)24(3)10-9-19(14-24)11-18-7-5-6-8-18;1-4-6-8(3)7-5-2;1-4(2)3;2*1-2/h9-10,14,18,20-22,26-27H,5-8,11-13,15H2,1-4H3;4-7H,1H2,2-3H3;4H,1-3H3;1-2H3;2H,1H3/b17-16+,25-23?;7-5-,8-6-;;;/t20?,21-,22-,24?;;;;/m0..../s1. The SMILES string of the molecule is C=C/C=C(C)\C=C/C.CC.CC(C)C.CN=C(O[C@H]1CC(O)C[C@@H](CO)O1)/C(C)=C(\C)C1(C)C=CC(CC2CCCC2)=C1.CO. The highest BCUT2D eigenvalue weighted by atomic mass is 16.7. The summed E-state index contributed by atoms with van der Waals surface area (Å²) in [5.41, 5.74) is 4.72. The lowest BCUT2D eigenvalue weighted by molar-refractivity contribution is -0.189. The second-order valence-electron chi connectivity index (χ2n) is 12.5. The highest BCUT2D eigenvalue weighted by molar-refractivity contribution is 5.94. The van der Waals surface area contributed by atoms with Crippen LogP contribution < -0.4 is 0 Å². The average Bonchev–Trinajstić information content (AvgIpc) is 3.67. The number of rotatable bonds is 8. The Morgan fingerprint density at radius 1 is 1.13 bits per heavy atom. The fourth-order valence-electron chi connectivity index (χ4n) is 5.31. The normalized spacial score (nSPS) is 25.4. The van der Waals surface area contributed by atoms with E-state index in [9.17, 15) is 10.2 Å². The molecule has 0 spiro atoms. The van der Waals surface area contributed by atoms with E-state index in [0.29, 0.717) is 18.7 Å². The minimum atomic E-state index is -0.599. The summed E-state index contributed by atoms with van der Waals surface area (Å²) in [4.78, 5) is 4.35. The van der Waals surface area contributed by atoms with E-state index in [0.717, 1.165) is 24.5 Å². The molecule has 6 heteroatoms. The fraction of sp³-hybridized carbons (Fsp3) is 0.667. The topological polar surface area (TPSA) is 91.5 Å². The molecule has 0 bridgehead atoms. The van der Waals surface area contributed by atoms with E-state index in [2.05, 4.69) is 64.4 Å². The molecule has 2 aliphatic carbocycles. The van der Waals surface area contributed by atoms with Crippen molar-refractivity contribution in [3.8, 4) is 0 Å². The summed E-state index contributed by atoms with van der Waals surface area (Å²) in [6.45, 7) is 24.4. The van der Waals surface area contributed by atoms with Crippen molar-refractivity contribution in [1.82, 2.24) is 0 Å². The van der Waals surface area contributed by atoms with Gasteiger partial charge in [-0.3, -0.25) is 4.99 Å². The molecule has 6 nitrogen and oxygen atoms in total. The summed E-state index contributed by atoms with van der Waals surface area (Å²) in [6, 6.07) is 0. The molecule has 1 saturated carbocycles. The molecule has 0 aromatic heterocycles. The van der Waals surface area contributed by atoms with Gasteiger partial charge in [-0.1, -0.05) is 126 Å². The van der Waals surface area contributed by atoms with Crippen molar-refractivity contribution in [2.45, 2.75) is 133 Å². The van der Waals surface area contributed by atoms with Crippen LogP contribution in [0.1, 0.15) is 114 Å². The third-order valence-corrected chi connectivity index (χ3v) is 7.62. The Balaban J connectivity index is 0. The van der Waals surface area contributed by atoms with Crippen LogP contribution in [0.5, 0.6) is 0 Å². The Morgan fingerprint density at radius 2 is 1.71 bits per heavy atom. The summed E-state index contributed by atoms with van der Waals surface area (Å²) >= 11 is 0. The van der Waals surface area contributed by atoms with Gasteiger partial charge in [-0.2, -0.15) is 0 Å². The first-order valence-electron chi connectivity index (χ1n) is 16.9. The van der Waals surface area contributed by atoms with Crippen molar-refractivity contribution >= 4 is 5.90 Å². The van der Waals surface area contributed by atoms with Crippen LogP contribution in [0.2, 0.25) is 0 Å². The molecule has 0 amide bonds. The Morgan fingerprint density at radius 3 is 2.20 bits per heavy atom. The number of ether oxygens (including phenoxy) is 2. The quantitative estimate of drug-likeness (QED) is 0.141. The third-order valence-electron chi connectivity index (χ3n) is 7.62. The van der Waals surface area contributed by atoms with E-state index >= 15 is 0 Å². The number of aliphatic hydroxyl groups excluding tert-OH is 3. The molecule has 260 valence electrons. The van der Waals surface area contributed by atoms with Gasteiger partial charge in [-0.25, -0.2) is 0 Å². The number of hydrogen-bond donors (Lipinski definition) is 3. The molecular formula is C39H69NO5. The molecular weight excluding hydrogens is 562 g/mol. The zero-order valence-corrected chi connectivity index (χ0v) is 30.9. The maximum atomic E-state index is 10.0. The Bertz CT molecular complexity index is 979. The van der Waals surface area contributed by atoms with Crippen molar-refractivity contribution in [2.24, 2.45) is 22.2 Å². The van der Waals surface area contributed by atoms with Crippen LogP contribution >= 0.6 is 0 Å². The van der Waals surface area contributed by atoms with Crippen molar-refractivity contribution in [2.75, 3.05) is 20.8 Å². The molecule has 1 saturated heterocycles. The van der Waals surface area contributed by atoms with Gasteiger partial charge in [-0.05, 0) is 52.9 Å². The molecule has 4 atom stereocenters. The van der Waals surface area contributed by atoms with Gasteiger partial charge in [0.2, 0.25) is 12.2 Å². The smallest absolute Gasteiger partial charge is 0.213 e. The van der Waals surface area contributed by atoms with Gasteiger partial charge in [0.05, 0.1) is 18.8 Å². The zero-order valence-electron chi connectivity index (χ0n) is 30.9. The van der Waals surface area contributed by atoms with Crippen molar-refractivity contribution in [3.05, 3.63) is 71.4 Å². The van der Waals surface area contributed by atoms with E-state index in [-0.39, 0.29) is 12.0 Å². The number of aliphatic hydroxyl groups is 3. The fourth-order valence-corrected chi connectivity index (χ4v) is 5.31. The lowest BCUT2D eigenvalue weighted by Crippen LogP contribution is -2.40. The lowest BCUT2D eigenvalue weighted by atomic mass is 9.81. The first-order valence-corrected chi connectivity index (χ1v) is 16.9. The van der Waals surface area contributed by atoms with Crippen LogP contribution in [0.4, 0.5) is 0 Å². The predicted octanol–water partition coefficient (Wildman–Crippen LogP) is 9.30. The second-order valence-corrected chi connectivity index (χ2v) is 12.5. The van der Waals surface area contributed by atoms with Gasteiger partial charge in [-0.15, -0.1) is 0 Å². The molecule has 45 heavy (non-hydrogen) atoms. The van der Waals surface area contributed by atoms with Crippen LogP contribution in [0.3, 0.4) is 0 Å². The number of nitrogens with zero attached hydrogens (tertiary/aromatic N) is 1. The van der Waals surface area contributed by atoms with E-state index in [1.54, 1.807) is 13.1 Å². The average molecular weight is 632 g/mol. The molecule has 2 fully saturated rings. The van der Waals surface area contributed by atoms with Gasteiger partial charge in [0.25, 0.3) is 0 Å². The Labute approximate surface area is 277 Å². The van der Waals surface area contributed by atoms with E-state index in [1.807, 2.05) is 52.8 Å². The Hall–Kier alpha value is -2.25. The third kappa shape index (κ3) is 18.5. The van der Waals surface area contributed by atoms with Gasteiger partial charge in [0, 0.05) is 38.0 Å². The monoisotopic (exact) mass is 632 g/mol. The van der Waals surface area contributed by atoms with Crippen LogP contribution in [-0.4, -0.2) is 60.5 Å². The number of allylic oxidation sites excluding steroid dienone is 10. The predicted molar refractivity (Wildman–Crippen MR) is 194 cm³/mol. The van der Waals surface area contributed by atoms with Crippen LogP contribution in [0.15, 0.2) is 76.4 Å². The van der Waals surface area contributed by atoms with E-state index < -0.39 is 18.5 Å². The van der Waals surface area contributed by atoms with E-state index in [4.69, 9.17) is 14.6 Å². The maximum absolute atomic E-state index is 10.0. The summed E-state index contributed by atoms with van der Waals surface area (Å²) in [7, 11) is 2.71. The molecule has 1 aliphatic heterocycles. The van der Waals surface area contributed by atoms with Gasteiger partial charge in [0.1, 0.15) is 0 Å². The van der Waals surface area contributed by atoms with Gasteiger partial charge in [0.15, 0.2) is 0 Å². The summed E-state index contributed by atoms with van der Waals surface area (Å²) in [6.07, 6.45) is 20.7. The molecule has 3 rings (SSSR count). The lowest BCUT2D eigenvalue weighted by Gasteiger charge is -2.33. The van der Waals surface area contributed by atoms with Crippen molar-refractivity contribution < 1.29 is 24.8 Å². The molecule has 3 aliphatic rings. The molecule has 1 heterocycles. The summed E-state index contributed by atoms with van der Waals surface area (Å²) in [5.74, 6) is 2.20. The number of hydrogen-bond acceptors (Lipinski definition) is 6.